The lowest BCUT2D eigenvalue weighted by Gasteiger charge is -2.37. The van der Waals surface area contributed by atoms with Gasteiger partial charge in [-0.15, -0.1) is 24.0 Å². The van der Waals surface area contributed by atoms with Crippen LogP contribution in [0.2, 0.25) is 0 Å². The van der Waals surface area contributed by atoms with Crippen molar-refractivity contribution < 1.29 is 0 Å². The maximum absolute atomic E-state index is 4.44. The summed E-state index contributed by atoms with van der Waals surface area (Å²) in [5.74, 6) is 2.03. The smallest absolute Gasteiger partial charge is 0.194 e. The van der Waals surface area contributed by atoms with Crippen molar-refractivity contribution >= 4 is 35.8 Å². The molecule has 1 saturated heterocycles. The van der Waals surface area contributed by atoms with Crippen molar-refractivity contribution in [3.8, 4) is 0 Å². The highest BCUT2D eigenvalue weighted by atomic mass is 127. The minimum absolute atomic E-state index is 0. The number of piperazine rings is 1. The summed E-state index contributed by atoms with van der Waals surface area (Å²) in [6.45, 7) is 6.74. The molecule has 2 aromatic rings. The van der Waals surface area contributed by atoms with Crippen LogP contribution in [0.1, 0.15) is 11.1 Å². The Morgan fingerprint density at radius 2 is 1.92 bits per heavy atom. The van der Waals surface area contributed by atoms with Crippen LogP contribution in [0.5, 0.6) is 0 Å². The molecule has 134 valence electrons. The second-order valence-electron chi connectivity index (χ2n) is 6.05. The van der Waals surface area contributed by atoms with E-state index in [2.05, 4.69) is 62.3 Å². The van der Waals surface area contributed by atoms with Crippen molar-refractivity contribution in [1.82, 2.24) is 15.2 Å². The molecular formula is C19H26IN5. The first-order chi connectivity index (χ1) is 11.8. The minimum atomic E-state index is 0. The van der Waals surface area contributed by atoms with E-state index in [1.807, 2.05) is 25.4 Å². The summed E-state index contributed by atoms with van der Waals surface area (Å²) in [7, 11) is 1.85. The molecule has 5 nitrogen and oxygen atoms in total. The molecule has 1 aromatic carbocycles. The first-order valence-corrected chi connectivity index (χ1v) is 8.43. The molecule has 3 rings (SSSR count). The van der Waals surface area contributed by atoms with Crippen LogP contribution in [0.4, 0.5) is 5.82 Å². The number of nitrogens with zero attached hydrogens (tertiary/aromatic N) is 4. The van der Waals surface area contributed by atoms with E-state index in [1.165, 1.54) is 11.1 Å². The number of hydrogen-bond acceptors (Lipinski definition) is 3. The number of rotatable bonds is 3. The Kier molecular flexibility index (Phi) is 7.49. The second-order valence-corrected chi connectivity index (χ2v) is 6.05. The Labute approximate surface area is 167 Å². The van der Waals surface area contributed by atoms with E-state index >= 15 is 0 Å². The average Bonchev–Trinajstić information content (AvgIpc) is 2.64. The quantitative estimate of drug-likeness (QED) is 0.443. The number of hydrogen-bond donors (Lipinski definition) is 1. The lowest BCUT2D eigenvalue weighted by Crippen LogP contribution is -2.52. The zero-order valence-electron chi connectivity index (χ0n) is 14.9. The highest BCUT2D eigenvalue weighted by Gasteiger charge is 2.20. The fourth-order valence-corrected chi connectivity index (χ4v) is 3.02. The Morgan fingerprint density at radius 3 is 2.56 bits per heavy atom. The van der Waals surface area contributed by atoms with Gasteiger partial charge < -0.3 is 15.1 Å². The second kappa shape index (κ2) is 9.60. The van der Waals surface area contributed by atoms with E-state index in [4.69, 9.17) is 0 Å². The summed E-state index contributed by atoms with van der Waals surface area (Å²) in [5.41, 5.74) is 2.57. The third kappa shape index (κ3) is 5.32. The number of nitrogens with one attached hydrogen (secondary N) is 1. The van der Waals surface area contributed by atoms with Gasteiger partial charge in [0.25, 0.3) is 0 Å². The van der Waals surface area contributed by atoms with Gasteiger partial charge in [-0.25, -0.2) is 4.98 Å². The number of halogens is 1. The zero-order valence-corrected chi connectivity index (χ0v) is 17.2. The Hall–Kier alpha value is -1.83. The van der Waals surface area contributed by atoms with Crippen LogP contribution in [0.3, 0.4) is 0 Å². The third-order valence-corrected chi connectivity index (χ3v) is 4.30. The fourth-order valence-electron chi connectivity index (χ4n) is 3.02. The van der Waals surface area contributed by atoms with Gasteiger partial charge in [0, 0.05) is 46.0 Å². The Bertz CT molecular complexity index is 681. The molecule has 0 unspecified atom stereocenters. The molecule has 0 bridgehead atoms. The van der Waals surface area contributed by atoms with E-state index < -0.39 is 0 Å². The first kappa shape index (κ1) is 19.5. The molecule has 1 aliphatic rings. The molecule has 1 aliphatic heterocycles. The molecule has 1 aromatic heterocycles. The lowest BCUT2D eigenvalue weighted by molar-refractivity contribution is 0.371. The average molecular weight is 451 g/mol. The largest absolute Gasteiger partial charge is 0.353 e. The SMILES string of the molecule is CN=C(NCc1cccc(C)c1)N1CCN(c2ccccn2)CC1.I. The van der Waals surface area contributed by atoms with Crippen molar-refractivity contribution in [2.75, 3.05) is 38.1 Å². The first-order valence-electron chi connectivity index (χ1n) is 8.43. The van der Waals surface area contributed by atoms with Gasteiger partial charge in [0.05, 0.1) is 0 Å². The lowest BCUT2D eigenvalue weighted by atomic mass is 10.1. The van der Waals surface area contributed by atoms with Crippen LogP contribution in [-0.2, 0) is 6.54 Å². The van der Waals surface area contributed by atoms with Crippen LogP contribution in [-0.4, -0.2) is 49.1 Å². The summed E-state index contributed by atoms with van der Waals surface area (Å²) in [4.78, 5) is 13.5. The molecule has 6 heteroatoms. The molecule has 0 radical (unpaired) electrons. The molecule has 0 aliphatic carbocycles. The summed E-state index contributed by atoms with van der Waals surface area (Å²) in [6, 6.07) is 14.6. The molecule has 2 heterocycles. The maximum atomic E-state index is 4.44. The van der Waals surface area contributed by atoms with Crippen LogP contribution in [0, 0.1) is 6.92 Å². The maximum Gasteiger partial charge on any atom is 0.194 e. The van der Waals surface area contributed by atoms with Crippen molar-refractivity contribution in [2.45, 2.75) is 13.5 Å². The van der Waals surface area contributed by atoms with Crippen molar-refractivity contribution in [3.05, 3.63) is 59.8 Å². The van der Waals surface area contributed by atoms with Gasteiger partial charge in [0.15, 0.2) is 5.96 Å². The van der Waals surface area contributed by atoms with Gasteiger partial charge in [-0.3, -0.25) is 4.99 Å². The van der Waals surface area contributed by atoms with E-state index in [0.717, 1.165) is 44.5 Å². The molecular weight excluding hydrogens is 425 g/mol. The predicted octanol–water partition coefficient (Wildman–Crippen LogP) is 2.91. The van der Waals surface area contributed by atoms with Gasteiger partial charge in [-0.1, -0.05) is 35.9 Å². The highest BCUT2D eigenvalue weighted by Crippen LogP contribution is 2.12. The fraction of sp³-hybridized carbons (Fsp3) is 0.368. The summed E-state index contributed by atoms with van der Waals surface area (Å²) >= 11 is 0. The molecule has 0 amide bonds. The van der Waals surface area contributed by atoms with Gasteiger partial charge >= 0.3 is 0 Å². The van der Waals surface area contributed by atoms with E-state index in [1.54, 1.807) is 0 Å². The van der Waals surface area contributed by atoms with Gasteiger partial charge in [0.1, 0.15) is 5.82 Å². The molecule has 25 heavy (non-hydrogen) atoms. The van der Waals surface area contributed by atoms with Crippen LogP contribution in [0.15, 0.2) is 53.7 Å². The van der Waals surface area contributed by atoms with E-state index in [0.29, 0.717) is 0 Å². The monoisotopic (exact) mass is 451 g/mol. The number of guanidine groups is 1. The van der Waals surface area contributed by atoms with Crippen LogP contribution < -0.4 is 10.2 Å². The standard InChI is InChI=1S/C19H25N5.HI/c1-16-6-5-7-17(14-16)15-22-19(20-2)24-12-10-23(11-13-24)18-8-3-4-9-21-18;/h3-9,14H,10-13,15H2,1-2H3,(H,20,22);1H. The number of anilines is 1. The third-order valence-electron chi connectivity index (χ3n) is 4.30. The number of aryl methyl sites for hydroxylation is 1. The summed E-state index contributed by atoms with van der Waals surface area (Å²) in [6.07, 6.45) is 1.85. The Balaban J connectivity index is 0.00000225. The van der Waals surface area contributed by atoms with Gasteiger partial charge in [0.2, 0.25) is 0 Å². The zero-order chi connectivity index (χ0) is 16.8. The van der Waals surface area contributed by atoms with Gasteiger partial charge in [-0.05, 0) is 24.6 Å². The molecule has 0 spiro atoms. The van der Waals surface area contributed by atoms with Crippen LogP contribution >= 0.6 is 24.0 Å². The number of aromatic nitrogens is 1. The highest BCUT2D eigenvalue weighted by molar-refractivity contribution is 14.0. The minimum Gasteiger partial charge on any atom is -0.353 e. The molecule has 0 atom stereocenters. The van der Waals surface area contributed by atoms with Crippen LogP contribution in [0.25, 0.3) is 0 Å². The molecule has 1 N–H and O–H groups in total. The molecule has 1 fully saturated rings. The topological polar surface area (TPSA) is 43.8 Å². The normalized spacial score (nSPS) is 14.9. The number of pyridine rings is 1. The van der Waals surface area contributed by atoms with Gasteiger partial charge in [-0.2, -0.15) is 0 Å². The van der Waals surface area contributed by atoms with Crippen molar-refractivity contribution in [3.63, 3.8) is 0 Å². The number of aliphatic imine (C=N–C) groups is 1. The van der Waals surface area contributed by atoms with E-state index in [-0.39, 0.29) is 24.0 Å². The summed E-state index contributed by atoms with van der Waals surface area (Å²) < 4.78 is 0. The predicted molar refractivity (Wildman–Crippen MR) is 115 cm³/mol. The molecule has 0 saturated carbocycles. The van der Waals surface area contributed by atoms with Crippen molar-refractivity contribution in [1.29, 1.82) is 0 Å². The summed E-state index contributed by atoms with van der Waals surface area (Å²) in [5, 5.41) is 3.48. The van der Waals surface area contributed by atoms with E-state index in [9.17, 15) is 0 Å². The Morgan fingerprint density at radius 1 is 1.12 bits per heavy atom. The van der Waals surface area contributed by atoms with Crippen molar-refractivity contribution in [2.24, 2.45) is 4.99 Å². The number of benzene rings is 1.